The summed E-state index contributed by atoms with van der Waals surface area (Å²) in [6.07, 6.45) is 1.63. The summed E-state index contributed by atoms with van der Waals surface area (Å²) in [7, 11) is 0. The Morgan fingerprint density at radius 3 is 3.07 bits per heavy atom. The van der Waals surface area contributed by atoms with Crippen LogP contribution in [0.25, 0.3) is 5.69 Å². The van der Waals surface area contributed by atoms with Crippen molar-refractivity contribution in [3.05, 3.63) is 41.7 Å². The molecule has 0 saturated heterocycles. The molecule has 0 amide bonds. The first-order valence-electron chi connectivity index (χ1n) is 4.59. The number of aryl methyl sites for hydroxylation is 1. The van der Waals surface area contributed by atoms with Gasteiger partial charge in [-0.15, -0.1) is 5.10 Å². The fourth-order valence-electron chi connectivity index (χ4n) is 1.42. The Morgan fingerprint density at radius 2 is 2.33 bits per heavy atom. The molecule has 0 saturated carbocycles. The van der Waals surface area contributed by atoms with E-state index in [0.717, 1.165) is 11.4 Å². The van der Waals surface area contributed by atoms with Crippen LogP contribution >= 0.6 is 0 Å². The van der Waals surface area contributed by atoms with Crippen molar-refractivity contribution in [1.82, 2.24) is 15.0 Å². The average molecular weight is 204 g/mol. The van der Waals surface area contributed by atoms with Crippen LogP contribution in [-0.2, 0) is 11.4 Å². The van der Waals surface area contributed by atoms with Crippen LogP contribution in [-0.4, -0.2) is 15.0 Å². The van der Waals surface area contributed by atoms with Crippen molar-refractivity contribution < 1.29 is 4.84 Å². The molecule has 1 heterocycles. The van der Waals surface area contributed by atoms with Gasteiger partial charge in [0, 0.05) is 0 Å². The first-order valence-corrected chi connectivity index (χ1v) is 4.59. The Labute approximate surface area is 87.4 Å². The van der Waals surface area contributed by atoms with E-state index in [0.29, 0.717) is 6.61 Å². The van der Waals surface area contributed by atoms with E-state index in [4.69, 9.17) is 5.90 Å². The second-order valence-electron chi connectivity index (χ2n) is 3.29. The quantitative estimate of drug-likeness (QED) is 0.756. The maximum absolute atomic E-state index is 5.03. The summed E-state index contributed by atoms with van der Waals surface area (Å²) < 4.78 is 1.71. The molecular formula is C10H12N4O. The zero-order valence-corrected chi connectivity index (χ0v) is 8.42. The van der Waals surface area contributed by atoms with Crippen LogP contribution in [0.5, 0.6) is 0 Å². The molecule has 1 aromatic heterocycles. The van der Waals surface area contributed by atoms with Crippen molar-refractivity contribution in [2.24, 2.45) is 5.90 Å². The standard InChI is InChI=1S/C10H12N4O/c1-8-3-2-4-9(5-8)14-10(7-15-11)6-12-13-14/h2-6H,7,11H2,1H3. The molecule has 2 rings (SSSR count). The van der Waals surface area contributed by atoms with Gasteiger partial charge < -0.3 is 0 Å². The Kier molecular flexibility index (Phi) is 2.75. The molecule has 0 aliphatic heterocycles. The number of nitrogens with two attached hydrogens (primary N) is 1. The average Bonchev–Trinajstić information content (AvgIpc) is 2.66. The number of hydrogen-bond donors (Lipinski definition) is 1. The van der Waals surface area contributed by atoms with E-state index in [1.54, 1.807) is 10.9 Å². The first kappa shape index (κ1) is 9.82. The molecule has 5 nitrogen and oxygen atoms in total. The molecule has 0 atom stereocenters. The molecule has 0 spiro atoms. The summed E-state index contributed by atoms with van der Waals surface area (Å²) in [5.74, 6) is 5.03. The molecule has 2 N–H and O–H groups in total. The summed E-state index contributed by atoms with van der Waals surface area (Å²) in [6, 6.07) is 7.98. The van der Waals surface area contributed by atoms with E-state index >= 15 is 0 Å². The Morgan fingerprint density at radius 1 is 1.47 bits per heavy atom. The van der Waals surface area contributed by atoms with Crippen LogP contribution in [0.15, 0.2) is 30.5 Å². The van der Waals surface area contributed by atoms with Gasteiger partial charge in [-0.3, -0.25) is 4.84 Å². The van der Waals surface area contributed by atoms with Gasteiger partial charge in [-0.2, -0.15) is 0 Å². The first-order chi connectivity index (χ1) is 7.31. The van der Waals surface area contributed by atoms with Crippen molar-refractivity contribution >= 4 is 0 Å². The van der Waals surface area contributed by atoms with E-state index in [1.165, 1.54) is 5.56 Å². The number of hydrogen-bond acceptors (Lipinski definition) is 4. The maximum Gasteiger partial charge on any atom is 0.112 e. The van der Waals surface area contributed by atoms with Gasteiger partial charge in [0.2, 0.25) is 0 Å². The van der Waals surface area contributed by atoms with Crippen LogP contribution in [0.3, 0.4) is 0 Å². The van der Waals surface area contributed by atoms with Crippen LogP contribution in [0.2, 0.25) is 0 Å². The van der Waals surface area contributed by atoms with Gasteiger partial charge in [0.15, 0.2) is 0 Å². The van der Waals surface area contributed by atoms with Gasteiger partial charge in [-0.1, -0.05) is 17.3 Å². The van der Waals surface area contributed by atoms with Crippen molar-refractivity contribution in [3.63, 3.8) is 0 Å². The number of nitrogens with zero attached hydrogens (tertiary/aromatic N) is 3. The van der Waals surface area contributed by atoms with Crippen LogP contribution in [0.4, 0.5) is 0 Å². The molecule has 0 aliphatic rings. The van der Waals surface area contributed by atoms with Crippen molar-refractivity contribution in [2.75, 3.05) is 0 Å². The SMILES string of the molecule is Cc1cccc(-n2nncc2CON)c1. The van der Waals surface area contributed by atoms with Crippen LogP contribution in [0, 0.1) is 6.92 Å². The topological polar surface area (TPSA) is 66.0 Å². The monoisotopic (exact) mass is 204 g/mol. The third kappa shape index (κ3) is 2.03. The molecule has 5 heteroatoms. The minimum Gasteiger partial charge on any atom is -0.298 e. The molecule has 0 unspecified atom stereocenters. The summed E-state index contributed by atoms with van der Waals surface area (Å²) in [6.45, 7) is 2.32. The van der Waals surface area contributed by atoms with E-state index in [9.17, 15) is 0 Å². The highest BCUT2D eigenvalue weighted by atomic mass is 16.6. The Bertz CT molecular complexity index is 452. The minimum atomic E-state index is 0.293. The largest absolute Gasteiger partial charge is 0.298 e. The van der Waals surface area contributed by atoms with Gasteiger partial charge in [0.1, 0.15) is 6.61 Å². The number of rotatable bonds is 3. The molecule has 0 aliphatic carbocycles. The Hall–Kier alpha value is -1.72. The lowest BCUT2D eigenvalue weighted by Crippen LogP contribution is -2.06. The fourth-order valence-corrected chi connectivity index (χ4v) is 1.42. The normalized spacial score (nSPS) is 10.5. The number of benzene rings is 1. The highest BCUT2D eigenvalue weighted by molar-refractivity contribution is 5.35. The third-order valence-corrected chi connectivity index (χ3v) is 2.10. The zero-order chi connectivity index (χ0) is 10.7. The van der Waals surface area contributed by atoms with Gasteiger partial charge >= 0.3 is 0 Å². The highest BCUT2D eigenvalue weighted by Crippen LogP contribution is 2.11. The number of aromatic nitrogens is 3. The summed E-state index contributed by atoms with van der Waals surface area (Å²) in [5, 5.41) is 7.80. The van der Waals surface area contributed by atoms with Gasteiger partial charge in [-0.25, -0.2) is 10.6 Å². The molecular weight excluding hydrogens is 192 g/mol. The molecule has 2 aromatic rings. The summed E-state index contributed by atoms with van der Waals surface area (Å²) in [4.78, 5) is 4.58. The van der Waals surface area contributed by atoms with E-state index in [2.05, 4.69) is 15.1 Å². The molecule has 15 heavy (non-hydrogen) atoms. The lowest BCUT2D eigenvalue weighted by molar-refractivity contribution is 0.119. The van der Waals surface area contributed by atoms with E-state index in [-0.39, 0.29) is 0 Å². The minimum absolute atomic E-state index is 0.293. The molecule has 0 bridgehead atoms. The van der Waals surface area contributed by atoms with Gasteiger partial charge in [0.25, 0.3) is 0 Å². The molecule has 0 fully saturated rings. The predicted molar refractivity (Wildman–Crippen MR) is 55.1 cm³/mol. The lowest BCUT2D eigenvalue weighted by Gasteiger charge is -2.05. The summed E-state index contributed by atoms with van der Waals surface area (Å²) >= 11 is 0. The fraction of sp³-hybridized carbons (Fsp3) is 0.200. The van der Waals surface area contributed by atoms with Gasteiger partial charge in [-0.05, 0) is 24.6 Å². The smallest absolute Gasteiger partial charge is 0.112 e. The molecule has 1 aromatic carbocycles. The summed E-state index contributed by atoms with van der Waals surface area (Å²) in [5.41, 5.74) is 2.95. The molecule has 78 valence electrons. The third-order valence-electron chi connectivity index (χ3n) is 2.10. The lowest BCUT2D eigenvalue weighted by atomic mass is 10.2. The molecule has 0 radical (unpaired) electrons. The predicted octanol–water partition coefficient (Wildman–Crippen LogP) is 0.966. The van der Waals surface area contributed by atoms with Crippen molar-refractivity contribution in [3.8, 4) is 5.69 Å². The highest BCUT2D eigenvalue weighted by Gasteiger charge is 2.05. The Balaban J connectivity index is 2.40. The van der Waals surface area contributed by atoms with Gasteiger partial charge in [0.05, 0.1) is 17.6 Å². The van der Waals surface area contributed by atoms with E-state index in [1.807, 2.05) is 31.2 Å². The van der Waals surface area contributed by atoms with E-state index < -0.39 is 0 Å². The van der Waals surface area contributed by atoms with Crippen molar-refractivity contribution in [2.45, 2.75) is 13.5 Å². The van der Waals surface area contributed by atoms with Crippen LogP contribution in [0.1, 0.15) is 11.3 Å². The van der Waals surface area contributed by atoms with Crippen molar-refractivity contribution in [1.29, 1.82) is 0 Å². The zero-order valence-electron chi connectivity index (χ0n) is 8.42. The second kappa shape index (κ2) is 4.20. The second-order valence-corrected chi connectivity index (χ2v) is 3.29. The maximum atomic E-state index is 5.03. The van der Waals surface area contributed by atoms with Crippen LogP contribution < -0.4 is 5.90 Å².